The van der Waals surface area contributed by atoms with Crippen molar-refractivity contribution < 1.29 is 14.8 Å². The van der Waals surface area contributed by atoms with E-state index in [2.05, 4.69) is 19.1 Å². The van der Waals surface area contributed by atoms with Crippen LogP contribution >= 0.6 is 0 Å². The maximum absolute atomic E-state index is 11.0. The predicted octanol–water partition coefficient (Wildman–Crippen LogP) is 4.22. The molecule has 0 rings (SSSR count). The minimum Gasteiger partial charge on any atom is -0.386 e. The number of aldehydes is 1. The number of rotatable bonds is 15. The van der Waals surface area contributed by atoms with Gasteiger partial charge in [-0.15, -0.1) is 0 Å². The van der Waals surface area contributed by atoms with Gasteiger partial charge in [-0.05, 0) is 38.5 Å². The van der Waals surface area contributed by atoms with Crippen LogP contribution in [0.4, 0.5) is 0 Å². The van der Waals surface area contributed by atoms with Crippen LogP contribution in [0.15, 0.2) is 24.3 Å². The lowest BCUT2D eigenvalue weighted by Gasteiger charge is -2.14. The van der Waals surface area contributed by atoms with Crippen LogP contribution < -0.4 is 0 Å². The summed E-state index contributed by atoms with van der Waals surface area (Å²) in [4.78, 5) is 20.8. The lowest BCUT2D eigenvalue weighted by molar-refractivity contribution is -0.535. The first-order chi connectivity index (χ1) is 11.1. The van der Waals surface area contributed by atoms with Gasteiger partial charge in [0.1, 0.15) is 12.4 Å². The molecule has 0 spiro atoms. The normalized spacial score (nSPS) is 14.3. The second kappa shape index (κ2) is 15.4. The first-order valence-corrected chi connectivity index (χ1v) is 8.68. The second-order valence-electron chi connectivity index (χ2n) is 5.78. The summed E-state index contributed by atoms with van der Waals surface area (Å²) in [6.45, 7) is 2.18. The Labute approximate surface area is 139 Å². The summed E-state index contributed by atoms with van der Waals surface area (Å²) in [5.74, 6) is 0. The number of carbonyl (C=O) groups excluding carboxylic acids is 1. The molecule has 0 bridgehead atoms. The molecule has 0 fully saturated rings. The predicted molar refractivity (Wildman–Crippen MR) is 93.0 cm³/mol. The zero-order chi connectivity index (χ0) is 17.3. The summed E-state index contributed by atoms with van der Waals surface area (Å²) in [5, 5.41) is 21.0. The molecule has 5 heteroatoms. The fraction of sp³-hybridized carbons (Fsp3) is 0.722. The molecule has 0 aromatic heterocycles. The molecule has 0 saturated carbocycles. The molecule has 2 atom stereocenters. The molecule has 0 heterocycles. The van der Waals surface area contributed by atoms with E-state index in [9.17, 15) is 20.0 Å². The van der Waals surface area contributed by atoms with Crippen LogP contribution in [0.25, 0.3) is 0 Å². The lowest BCUT2D eigenvalue weighted by atomic mass is 10.0. The molecule has 0 radical (unpaired) electrons. The van der Waals surface area contributed by atoms with Gasteiger partial charge in [-0.2, -0.15) is 0 Å². The van der Waals surface area contributed by atoms with Crippen molar-refractivity contribution in [2.24, 2.45) is 0 Å². The van der Waals surface area contributed by atoms with Crippen LogP contribution in [0.3, 0.4) is 0 Å². The van der Waals surface area contributed by atoms with Crippen molar-refractivity contribution in [2.75, 3.05) is 0 Å². The van der Waals surface area contributed by atoms with Crippen molar-refractivity contribution in [3.8, 4) is 0 Å². The van der Waals surface area contributed by atoms with Gasteiger partial charge in [0.15, 0.2) is 0 Å². The van der Waals surface area contributed by atoms with Gasteiger partial charge in [0.2, 0.25) is 6.04 Å². The summed E-state index contributed by atoms with van der Waals surface area (Å²) in [5.41, 5.74) is 0. The van der Waals surface area contributed by atoms with Crippen LogP contribution in [0.5, 0.6) is 0 Å². The molecule has 0 aliphatic rings. The third-order valence-corrected chi connectivity index (χ3v) is 3.74. The number of allylic oxidation sites excluding steroid dienone is 3. The Bertz CT molecular complexity index is 366. The SMILES string of the molecule is CCCCC/C=C\C/C=C\CC(O)C(CCCCC=O)[N+](=O)[O-]. The first-order valence-electron chi connectivity index (χ1n) is 8.68. The van der Waals surface area contributed by atoms with E-state index in [1.165, 1.54) is 19.3 Å². The standard InChI is InChI=1S/C18H31NO4/c1-2-3-4-5-6-7-8-9-12-15-18(21)17(19(22)23)14-11-10-13-16-20/h6-7,9,12,16-18,21H,2-5,8,10-11,13-15H2,1H3/b7-6-,12-9-. The maximum Gasteiger partial charge on any atom is 0.238 e. The Hall–Kier alpha value is -1.49. The Balaban J connectivity index is 3.96. The third-order valence-electron chi connectivity index (χ3n) is 3.74. The molecule has 1 N–H and O–H groups in total. The second-order valence-corrected chi connectivity index (χ2v) is 5.78. The third kappa shape index (κ3) is 12.7. The van der Waals surface area contributed by atoms with E-state index >= 15 is 0 Å². The van der Waals surface area contributed by atoms with Crippen molar-refractivity contribution >= 4 is 6.29 Å². The Morgan fingerprint density at radius 2 is 1.74 bits per heavy atom. The molecule has 0 aromatic carbocycles. The van der Waals surface area contributed by atoms with Crippen LogP contribution in [0, 0.1) is 10.1 Å². The zero-order valence-electron chi connectivity index (χ0n) is 14.2. The molecule has 23 heavy (non-hydrogen) atoms. The minimum absolute atomic E-state index is 0.295. The number of nitrogens with zero attached hydrogens (tertiary/aromatic N) is 1. The van der Waals surface area contributed by atoms with Gasteiger partial charge in [0.25, 0.3) is 0 Å². The zero-order valence-corrected chi connectivity index (χ0v) is 14.2. The highest BCUT2D eigenvalue weighted by Gasteiger charge is 2.27. The summed E-state index contributed by atoms with van der Waals surface area (Å²) < 4.78 is 0. The van der Waals surface area contributed by atoms with Crippen molar-refractivity contribution in [1.29, 1.82) is 0 Å². The first kappa shape index (κ1) is 21.5. The number of hydrogen-bond donors (Lipinski definition) is 1. The van der Waals surface area contributed by atoms with E-state index in [1.807, 2.05) is 12.2 Å². The molecule has 0 aromatic rings. The van der Waals surface area contributed by atoms with Crippen molar-refractivity contribution in [3.63, 3.8) is 0 Å². The largest absolute Gasteiger partial charge is 0.386 e. The Morgan fingerprint density at radius 3 is 2.39 bits per heavy atom. The minimum atomic E-state index is -0.967. The van der Waals surface area contributed by atoms with Gasteiger partial charge in [0.05, 0.1) is 0 Å². The number of unbranched alkanes of at least 4 members (excludes halogenated alkanes) is 5. The van der Waals surface area contributed by atoms with Gasteiger partial charge in [-0.25, -0.2) is 0 Å². The molecular formula is C18H31NO4. The molecule has 0 saturated heterocycles. The fourth-order valence-electron chi connectivity index (χ4n) is 2.31. The molecule has 0 amide bonds. The van der Waals surface area contributed by atoms with Crippen molar-refractivity contribution in [1.82, 2.24) is 0 Å². The molecule has 0 aliphatic carbocycles. The molecule has 0 aliphatic heterocycles. The maximum atomic E-state index is 11.0. The highest BCUT2D eigenvalue weighted by atomic mass is 16.6. The lowest BCUT2D eigenvalue weighted by Crippen LogP contribution is -2.33. The Morgan fingerprint density at radius 1 is 1.04 bits per heavy atom. The van der Waals surface area contributed by atoms with Gasteiger partial charge >= 0.3 is 0 Å². The molecule has 132 valence electrons. The summed E-state index contributed by atoms with van der Waals surface area (Å²) in [6, 6.07) is -0.948. The molecule has 2 unspecified atom stereocenters. The van der Waals surface area contributed by atoms with E-state index in [0.29, 0.717) is 32.1 Å². The smallest absolute Gasteiger partial charge is 0.238 e. The summed E-state index contributed by atoms with van der Waals surface area (Å²) in [7, 11) is 0. The van der Waals surface area contributed by atoms with E-state index in [4.69, 9.17) is 0 Å². The summed E-state index contributed by atoms with van der Waals surface area (Å²) >= 11 is 0. The monoisotopic (exact) mass is 325 g/mol. The van der Waals surface area contributed by atoms with Crippen LogP contribution in [-0.4, -0.2) is 28.5 Å². The number of carbonyl (C=O) groups is 1. The van der Waals surface area contributed by atoms with E-state index in [-0.39, 0.29) is 0 Å². The number of aliphatic hydroxyl groups is 1. The van der Waals surface area contributed by atoms with Crippen molar-refractivity contribution in [3.05, 3.63) is 34.4 Å². The average molecular weight is 325 g/mol. The highest BCUT2D eigenvalue weighted by Crippen LogP contribution is 2.13. The van der Waals surface area contributed by atoms with E-state index < -0.39 is 17.1 Å². The number of hydrogen-bond acceptors (Lipinski definition) is 4. The van der Waals surface area contributed by atoms with Gasteiger partial charge in [0, 0.05) is 17.8 Å². The van der Waals surface area contributed by atoms with Gasteiger partial charge in [-0.3, -0.25) is 10.1 Å². The molecular weight excluding hydrogens is 294 g/mol. The average Bonchev–Trinajstić information content (AvgIpc) is 2.52. The van der Waals surface area contributed by atoms with Gasteiger partial charge in [-0.1, -0.05) is 44.1 Å². The number of nitro groups is 1. The Kier molecular flexibility index (Phi) is 14.4. The highest BCUT2D eigenvalue weighted by molar-refractivity contribution is 5.48. The van der Waals surface area contributed by atoms with Gasteiger partial charge < -0.3 is 9.90 Å². The fourth-order valence-corrected chi connectivity index (χ4v) is 2.31. The number of aliphatic hydroxyl groups excluding tert-OH is 1. The van der Waals surface area contributed by atoms with Crippen molar-refractivity contribution in [2.45, 2.75) is 83.3 Å². The van der Waals surface area contributed by atoms with E-state index in [0.717, 1.165) is 19.1 Å². The molecule has 5 nitrogen and oxygen atoms in total. The van der Waals surface area contributed by atoms with Crippen LogP contribution in [-0.2, 0) is 4.79 Å². The topological polar surface area (TPSA) is 80.4 Å². The summed E-state index contributed by atoms with van der Waals surface area (Å²) in [6.07, 6.45) is 15.7. The van der Waals surface area contributed by atoms with Crippen LogP contribution in [0.2, 0.25) is 0 Å². The van der Waals surface area contributed by atoms with E-state index in [1.54, 1.807) is 0 Å². The van der Waals surface area contributed by atoms with Crippen LogP contribution in [0.1, 0.15) is 71.1 Å². The quantitative estimate of drug-likeness (QED) is 0.161.